The summed E-state index contributed by atoms with van der Waals surface area (Å²) < 4.78 is 17.4. The number of nitro benzene ring substituents is 1. The number of hydrogen-bond donors (Lipinski definition) is 3. The van der Waals surface area contributed by atoms with Gasteiger partial charge in [0, 0.05) is 30.4 Å². The SMILES string of the molecule is CCN(CCOCCOC(CN(CCC(=O)O)CC(=O)O)c1cc2c(cc1[N+](=O)[O-])oc1ccccc12)CC(=O)O. The number of likely N-dealkylation sites (N-methyl/N-ethyl adjacent to an activating group) is 1. The number of carboxylic acid groups (broad SMARTS) is 3. The number of hydrogen-bond acceptors (Lipinski definition) is 10. The first kappa shape index (κ1) is 31.4. The Balaban J connectivity index is 1.86. The molecule has 3 rings (SSSR count). The number of carbonyl (C=O) groups is 3. The second-order valence-electron chi connectivity index (χ2n) is 9.27. The van der Waals surface area contributed by atoms with E-state index in [1.165, 1.54) is 11.0 Å². The highest BCUT2D eigenvalue weighted by Crippen LogP contribution is 2.37. The summed E-state index contributed by atoms with van der Waals surface area (Å²) in [4.78, 5) is 48.2. The lowest BCUT2D eigenvalue weighted by Crippen LogP contribution is -2.36. The van der Waals surface area contributed by atoms with E-state index in [-0.39, 0.29) is 57.1 Å². The number of para-hydroxylation sites is 1. The van der Waals surface area contributed by atoms with Crippen LogP contribution < -0.4 is 0 Å². The molecule has 0 spiro atoms. The Labute approximate surface area is 234 Å². The smallest absolute Gasteiger partial charge is 0.317 e. The fraction of sp³-hybridized carbons (Fsp3) is 0.444. The minimum Gasteiger partial charge on any atom is -0.481 e. The molecule has 1 heterocycles. The third-order valence-electron chi connectivity index (χ3n) is 6.40. The standard InChI is InChI=1S/C27H33N3O11/c1-2-28(16-26(33)34)9-10-39-11-12-40-24(15-29(17-27(35)36)8-7-25(31)32)20-13-19-18-5-3-4-6-22(18)41-23(19)14-21(20)30(37)38/h3-6,13-14,24H,2,7-12,15-17H2,1H3,(H,31,32)(H,33,34)(H,35,36). The zero-order valence-corrected chi connectivity index (χ0v) is 22.6. The van der Waals surface area contributed by atoms with E-state index in [4.69, 9.17) is 24.1 Å². The molecule has 1 aromatic heterocycles. The van der Waals surface area contributed by atoms with Gasteiger partial charge in [-0.25, -0.2) is 0 Å². The Morgan fingerprint density at radius 1 is 0.927 bits per heavy atom. The first-order valence-electron chi connectivity index (χ1n) is 13.0. The van der Waals surface area contributed by atoms with Gasteiger partial charge in [0.2, 0.25) is 0 Å². The highest BCUT2D eigenvalue weighted by Gasteiger charge is 2.28. The van der Waals surface area contributed by atoms with Crippen molar-refractivity contribution in [2.24, 2.45) is 0 Å². The lowest BCUT2D eigenvalue weighted by Gasteiger charge is -2.26. The Morgan fingerprint density at radius 2 is 1.63 bits per heavy atom. The van der Waals surface area contributed by atoms with Crippen molar-refractivity contribution in [3.8, 4) is 0 Å². The summed E-state index contributed by atoms with van der Waals surface area (Å²) in [6.45, 7) is 2.17. The van der Waals surface area contributed by atoms with Crippen LogP contribution in [0.5, 0.6) is 0 Å². The van der Waals surface area contributed by atoms with Crippen molar-refractivity contribution in [1.82, 2.24) is 9.80 Å². The number of carboxylic acids is 3. The zero-order chi connectivity index (χ0) is 29.9. The molecule has 0 aliphatic carbocycles. The minimum atomic E-state index is -1.19. The summed E-state index contributed by atoms with van der Waals surface area (Å²) >= 11 is 0. The summed E-state index contributed by atoms with van der Waals surface area (Å²) in [7, 11) is 0. The number of rotatable bonds is 19. The maximum absolute atomic E-state index is 12.1. The van der Waals surface area contributed by atoms with Crippen LogP contribution in [-0.2, 0) is 23.9 Å². The van der Waals surface area contributed by atoms with Gasteiger partial charge in [0.15, 0.2) is 0 Å². The third-order valence-corrected chi connectivity index (χ3v) is 6.40. The van der Waals surface area contributed by atoms with Gasteiger partial charge >= 0.3 is 17.9 Å². The third kappa shape index (κ3) is 9.21. The Kier molecular flexibility index (Phi) is 11.5. The molecule has 1 unspecified atom stereocenters. The van der Waals surface area contributed by atoms with Crippen molar-refractivity contribution in [2.75, 3.05) is 59.1 Å². The molecule has 222 valence electrons. The number of furan rings is 1. The van der Waals surface area contributed by atoms with Gasteiger partial charge in [-0.05, 0) is 18.7 Å². The fourth-order valence-corrected chi connectivity index (χ4v) is 4.43. The number of ether oxygens (including phenoxy) is 2. The highest BCUT2D eigenvalue weighted by molar-refractivity contribution is 6.05. The maximum Gasteiger partial charge on any atom is 0.317 e. The van der Waals surface area contributed by atoms with E-state index < -0.39 is 35.5 Å². The lowest BCUT2D eigenvalue weighted by atomic mass is 10.0. The summed E-state index contributed by atoms with van der Waals surface area (Å²) in [5.41, 5.74) is 0.735. The largest absolute Gasteiger partial charge is 0.481 e. The first-order chi connectivity index (χ1) is 19.6. The summed E-state index contributed by atoms with van der Waals surface area (Å²) in [6, 6.07) is 10.0. The first-order valence-corrected chi connectivity index (χ1v) is 13.0. The molecular weight excluding hydrogens is 542 g/mol. The molecule has 0 aliphatic rings. The van der Waals surface area contributed by atoms with Crippen LogP contribution in [0, 0.1) is 10.1 Å². The van der Waals surface area contributed by atoms with Crippen LogP contribution in [0.1, 0.15) is 25.0 Å². The van der Waals surface area contributed by atoms with E-state index in [0.717, 1.165) is 5.39 Å². The average molecular weight is 576 g/mol. The maximum atomic E-state index is 12.1. The van der Waals surface area contributed by atoms with Crippen LogP contribution in [0.4, 0.5) is 5.69 Å². The number of aliphatic carboxylic acids is 3. The van der Waals surface area contributed by atoms with Gasteiger partial charge in [0.25, 0.3) is 5.69 Å². The van der Waals surface area contributed by atoms with Crippen molar-refractivity contribution in [2.45, 2.75) is 19.4 Å². The van der Waals surface area contributed by atoms with Gasteiger partial charge in [-0.1, -0.05) is 25.1 Å². The molecule has 0 saturated heterocycles. The molecule has 14 nitrogen and oxygen atoms in total. The van der Waals surface area contributed by atoms with E-state index >= 15 is 0 Å². The number of fused-ring (bicyclic) bond motifs is 3. The highest BCUT2D eigenvalue weighted by atomic mass is 16.6. The monoisotopic (exact) mass is 575 g/mol. The number of nitro groups is 1. The number of benzene rings is 2. The summed E-state index contributed by atoms with van der Waals surface area (Å²) in [5.74, 6) is -3.26. The van der Waals surface area contributed by atoms with Gasteiger partial charge in [-0.15, -0.1) is 0 Å². The molecule has 1 atom stereocenters. The molecule has 14 heteroatoms. The molecule has 41 heavy (non-hydrogen) atoms. The van der Waals surface area contributed by atoms with Gasteiger partial charge in [0.1, 0.15) is 17.3 Å². The predicted octanol–water partition coefficient (Wildman–Crippen LogP) is 2.84. The predicted molar refractivity (Wildman–Crippen MR) is 146 cm³/mol. The van der Waals surface area contributed by atoms with E-state index in [9.17, 15) is 29.6 Å². The van der Waals surface area contributed by atoms with Crippen LogP contribution in [0.2, 0.25) is 0 Å². The van der Waals surface area contributed by atoms with Crippen LogP contribution in [0.15, 0.2) is 40.8 Å². The molecule has 0 saturated carbocycles. The minimum absolute atomic E-state index is 0.0170. The quantitative estimate of drug-likeness (QED) is 0.107. The Morgan fingerprint density at radius 3 is 2.29 bits per heavy atom. The van der Waals surface area contributed by atoms with Gasteiger partial charge in [-0.2, -0.15) is 0 Å². The normalized spacial score (nSPS) is 12.4. The van der Waals surface area contributed by atoms with Crippen LogP contribution >= 0.6 is 0 Å². The van der Waals surface area contributed by atoms with Crippen LogP contribution in [0.25, 0.3) is 21.9 Å². The van der Waals surface area contributed by atoms with E-state index in [1.54, 1.807) is 29.2 Å². The summed E-state index contributed by atoms with van der Waals surface area (Å²) in [5, 5.41) is 40.9. The fourth-order valence-electron chi connectivity index (χ4n) is 4.43. The molecule has 0 aliphatic heterocycles. The van der Waals surface area contributed by atoms with Crippen molar-refractivity contribution in [1.29, 1.82) is 0 Å². The van der Waals surface area contributed by atoms with Crippen molar-refractivity contribution >= 4 is 45.5 Å². The summed E-state index contributed by atoms with van der Waals surface area (Å²) in [6.07, 6.45) is -1.34. The Bertz CT molecular complexity index is 1370. The van der Waals surface area contributed by atoms with Crippen molar-refractivity contribution in [3.63, 3.8) is 0 Å². The van der Waals surface area contributed by atoms with Gasteiger partial charge < -0.3 is 29.2 Å². The molecule has 0 fully saturated rings. The Hall–Kier alpha value is -4.11. The molecule has 0 radical (unpaired) electrons. The van der Waals surface area contributed by atoms with E-state index in [1.807, 2.05) is 13.0 Å². The number of nitrogens with zero attached hydrogens (tertiary/aromatic N) is 3. The van der Waals surface area contributed by atoms with E-state index in [0.29, 0.717) is 29.6 Å². The molecule has 3 aromatic rings. The topological polar surface area (TPSA) is 193 Å². The van der Waals surface area contributed by atoms with Gasteiger partial charge in [0.05, 0.1) is 55.9 Å². The van der Waals surface area contributed by atoms with Crippen molar-refractivity contribution in [3.05, 3.63) is 52.1 Å². The van der Waals surface area contributed by atoms with Crippen LogP contribution in [-0.4, -0.2) is 107 Å². The molecule has 0 bridgehead atoms. The molecule has 3 N–H and O–H groups in total. The zero-order valence-electron chi connectivity index (χ0n) is 22.6. The second-order valence-corrected chi connectivity index (χ2v) is 9.27. The second kappa shape index (κ2) is 15.0. The average Bonchev–Trinajstić information content (AvgIpc) is 3.28. The lowest BCUT2D eigenvalue weighted by molar-refractivity contribution is -0.386. The molecule has 0 amide bonds. The van der Waals surface area contributed by atoms with Gasteiger partial charge in [-0.3, -0.25) is 34.3 Å². The van der Waals surface area contributed by atoms with E-state index in [2.05, 4.69) is 0 Å². The van der Waals surface area contributed by atoms with Crippen LogP contribution in [0.3, 0.4) is 0 Å². The molecular formula is C27H33N3O11. The molecule has 2 aromatic carbocycles. The van der Waals surface area contributed by atoms with Crippen molar-refractivity contribution < 1.29 is 48.5 Å².